The van der Waals surface area contributed by atoms with Gasteiger partial charge in [-0.15, -0.1) is 0 Å². The van der Waals surface area contributed by atoms with E-state index in [-0.39, 0.29) is 15.8 Å². The highest BCUT2D eigenvalue weighted by atomic mass is 35.5. The van der Waals surface area contributed by atoms with Crippen LogP contribution in [0, 0.1) is 0 Å². The molecule has 0 aromatic heterocycles. The van der Waals surface area contributed by atoms with Crippen molar-refractivity contribution < 1.29 is 37.1 Å². The Labute approximate surface area is 174 Å². The Balaban J connectivity index is 1.76. The lowest BCUT2D eigenvalue weighted by atomic mass is 9.94. The van der Waals surface area contributed by atoms with Crippen molar-refractivity contribution in [2.75, 3.05) is 13.1 Å². The number of carboxylic acid groups (broad SMARTS) is 1. The molecule has 3 amide bonds. The number of carbonyl (C=O) groups excluding carboxylic acids is 2. The SMILES string of the molecule is O=C(O)N1CC(F)(C(=O)NC2(C(F)(F)F)C(=O)NC3=NC4C=C(Cl)C(Cl)=C=C4N32)C1. The number of halogens is 6. The van der Waals surface area contributed by atoms with E-state index in [9.17, 15) is 31.9 Å². The van der Waals surface area contributed by atoms with Gasteiger partial charge in [-0.3, -0.25) is 19.8 Å². The van der Waals surface area contributed by atoms with Gasteiger partial charge in [-0.1, -0.05) is 28.9 Å². The van der Waals surface area contributed by atoms with Crippen LogP contribution >= 0.6 is 23.2 Å². The first kappa shape index (κ1) is 20.5. The number of fused-ring (bicyclic) bond motifs is 3. The molecule has 4 aliphatic rings. The molecule has 0 spiro atoms. The lowest BCUT2D eigenvalue weighted by Crippen LogP contribution is -2.75. The van der Waals surface area contributed by atoms with Gasteiger partial charge < -0.3 is 15.3 Å². The summed E-state index contributed by atoms with van der Waals surface area (Å²) in [5.41, 5.74) is -4.65. The summed E-state index contributed by atoms with van der Waals surface area (Å²) < 4.78 is 57.3. The summed E-state index contributed by atoms with van der Waals surface area (Å²) in [6.07, 6.45) is -5.78. The van der Waals surface area contributed by atoms with Gasteiger partial charge in [0.15, 0.2) is 0 Å². The van der Waals surface area contributed by atoms with Gasteiger partial charge in [-0.25, -0.2) is 14.2 Å². The van der Waals surface area contributed by atoms with Gasteiger partial charge in [-0.2, -0.15) is 13.2 Å². The number of hydrogen-bond donors (Lipinski definition) is 3. The molecule has 15 heteroatoms. The van der Waals surface area contributed by atoms with E-state index in [0.717, 1.165) is 0 Å². The lowest BCUT2D eigenvalue weighted by molar-refractivity contribution is -0.221. The van der Waals surface area contributed by atoms with Crippen LogP contribution in [-0.4, -0.2) is 75.4 Å². The number of allylic oxidation sites excluding steroid dienone is 1. The highest BCUT2D eigenvalue weighted by Crippen LogP contribution is 2.45. The predicted molar refractivity (Wildman–Crippen MR) is 91.9 cm³/mol. The van der Waals surface area contributed by atoms with Crippen LogP contribution in [0.1, 0.15) is 0 Å². The topological polar surface area (TPSA) is 114 Å². The first-order valence-electron chi connectivity index (χ1n) is 8.10. The number of alkyl halides is 4. The van der Waals surface area contributed by atoms with Crippen molar-refractivity contribution in [1.29, 1.82) is 0 Å². The van der Waals surface area contributed by atoms with Crippen LogP contribution < -0.4 is 10.6 Å². The van der Waals surface area contributed by atoms with Crippen molar-refractivity contribution in [1.82, 2.24) is 20.4 Å². The van der Waals surface area contributed by atoms with Crippen LogP contribution in [0.3, 0.4) is 0 Å². The summed E-state index contributed by atoms with van der Waals surface area (Å²) in [5.74, 6) is -4.10. The molecule has 30 heavy (non-hydrogen) atoms. The largest absolute Gasteiger partial charge is 0.465 e. The molecule has 3 N–H and O–H groups in total. The normalized spacial score (nSPS) is 29.0. The number of aliphatic imine (C=N–C) groups is 1. The molecule has 2 saturated heterocycles. The maximum absolute atomic E-state index is 14.7. The number of nitrogens with one attached hydrogen (secondary N) is 2. The van der Waals surface area contributed by atoms with Gasteiger partial charge in [0, 0.05) is 0 Å². The molecule has 3 heterocycles. The molecule has 2 fully saturated rings. The minimum absolute atomic E-state index is 0.0325. The van der Waals surface area contributed by atoms with Gasteiger partial charge in [0.1, 0.15) is 11.1 Å². The average Bonchev–Trinajstić information content (AvgIpc) is 3.06. The number of likely N-dealkylation sites (tertiary alicyclic amines) is 1. The molecule has 0 bridgehead atoms. The molecule has 0 saturated carbocycles. The van der Waals surface area contributed by atoms with Gasteiger partial charge in [-0.05, 0) is 6.08 Å². The van der Waals surface area contributed by atoms with E-state index in [1.54, 1.807) is 0 Å². The monoisotopic (exact) mass is 469 g/mol. The smallest absolute Gasteiger partial charge is 0.440 e. The second-order valence-electron chi connectivity index (χ2n) is 6.79. The second kappa shape index (κ2) is 6.13. The van der Waals surface area contributed by atoms with Gasteiger partial charge in [0.25, 0.3) is 17.5 Å². The maximum atomic E-state index is 14.7. The molecule has 0 radical (unpaired) electrons. The molecule has 0 aromatic carbocycles. The Morgan fingerprint density at radius 2 is 2.00 bits per heavy atom. The number of amides is 3. The van der Waals surface area contributed by atoms with Crippen molar-refractivity contribution in [3.05, 3.63) is 27.6 Å². The first-order valence-corrected chi connectivity index (χ1v) is 8.85. The fourth-order valence-corrected chi connectivity index (χ4v) is 3.73. The molecular formula is C15H9Cl2F4N5O4. The summed E-state index contributed by atoms with van der Waals surface area (Å²) in [6, 6.07) is -1.08. The standard InChI is InChI=1S/C15H9Cl2F4N5O4/c16-5-1-7-8(2-6(5)17)26-11(22-7)23-10(28)14(26,15(19,20)21)24-9(27)13(18)3-25(4-13)12(29)30/h1,7H,3-4H2,(H,24,27)(H,29,30)(H,22,23,28). The zero-order chi connectivity index (χ0) is 22.2. The Kier molecular flexibility index (Phi) is 4.19. The Hall–Kier alpha value is -2.76. The summed E-state index contributed by atoms with van der Waals surface area (Å²) in [5, 5.41) is 11.8. The van der Waals surface area contributed by atoms with E-state index < -0.39 is 60.5 Å². The Bertz CT molecular complexity index is 1030. The average molecular weight is 470 g/mol. The minimum atomic E-state index is -5.45. The van der Waals surface area contributed by atoms with E-state index >= 15 is 0 Å². The molecule has 160 valence electrons. The molecular weight excluding hydrogens is 461 g/mol. The molecule has 0 aromatic rings. The van der Waals surface area contributed by atoms with E-state index in [1.807, 2.05) is 5.32 Å². The molecule has 2 atom stereocenters. The van der Waals surface area contributed by atoms with E-state index in [0.29, 0.717) is 9.80 Å². The van der Waals surface area contributed by atoms with E-state index in [4.69, 9.17) is 28.3 Å². The van der Waals surface area contributed by atoms with Crippen molar-refractivity contribution in [2.24, 2.45) is 4.99 Å². The lowest BCUT2D eigenvalue weighted by Gasteiger charge is -2.44. The van der Waals surface area contributed by atoms with Gasteiger partial charge in [0.05, 0.1) is 23.8 Å². The Morgan fingerprint density at radius 3 is 2.57 bits per heavy atom. The summed E-state index contributed by atoms with van der Waals surface area (Å²) >= 11 is 11.7. The highest BCUT2D eigenvalue weighted by molar-refractivity contribution is 6.44. The summed E-state index contributed by atoms with van der Waals surface area (Å²) in [6.45, 7) is -1.97. The number of nitrogens with zero attached hydrogens (tertiary/aromatic N) is 3. The second-order valence-corrected chi connectivity index (χ2v) is 7.58. The summed E-state index contributed by atoms with van der Waals surface area (Å²) in [4.78, 5) is 40.3. The minimum Gasteiger partial charge on any atom is -0.465 e. The van der Waals surface area contributed by atoms with Crippen LogP contribution in [0.4, 0.5) is 22.4 Å². The summed E-state index contributed by atoms with van der Waals surface area (Å²) in [7, 11) is 0. The van der Waals surface area contributed by atoms with Crippen molar-refractivity contribution in [3.63, 3.8) is 0 Å². The number of carbonyl (C=O) groups is 3. The van der Waals surface area contributed by atoms with Crippen molar-refractivity contribution >= 4 is 47.1 Å². The van der Waals surface area contributed by atoms with Crippen LogP contribution in [-0.2, 0) is 9.59 Å². The van der Waals surface area contributed by atoms with E-state index in [1.165, 1.54) is 11.4 Å². The quantitative estimate of drug-likeness (QED) is 0.412. The van der Waals surface area contributed by atoms with E-state index in [2.05, 4.69) is 10.7 Å². The highest BCUT2D eigenvalue weighted by Gasteiger charge is 2.73. The molecule has 1 aliphatic carbocycles. The fraction of sp³-hybridized carbons (Fsp3) is 0.400. The number of rotatable bonds is 2. The fourth-order valence-electron chi connectivity index (χ4n) is 3.40. The molecule has 3 aliphatic heterocycles. The van der Waals surface area contributed by atoms with Crippen molar-refractivity contribution in [3.8, 4) is 0 Å². The van der Waals surface area contributed by atoms with Crippen LogP contribution in [0.15, 0.2) is 32.6 Å². The third kappa shape index (κ3) is 2.62. The molecule has 4 rings (SSSR count). The Morgan fingerprint density at radius 1 is 1.37 bits per heavy atom. The number of hydrogen-bond acceptors (Lipinski definition) is 5. The zero-order valence-electron chi connectivity index (χ0n) is 14.4. The van der Waals surface area contributed by atoms with Crippen LogP contribution in [0.2, 0.25) is 0 Å². The zero-order valence-corrected chi connectivity index (χ0v) is 15.9. The third-order valence-electron chi connectivity index (χ3n) is 4.90. The first-order chi connectivity index (χ1) is 13.8. The predicted octanol–water partition coefficient (Wildman–Crippen LogP) is 0.975. The van der Waals surface area contributed by atoms with Gasteiger partial charge in [0.2, 0.25) is 11.6 Å². The van der Waals surface area contributed by atoms with Crippen molar-refractivity contribution in [2.45, 2.75) is 23.5 Å². The number of guanidine groups is 1. The van der Waals surface area contributed by atoms with Crippen LogP contribution in [0.25, 0.3) is 0 Å². The molecule has 9 nitrogen and oxygen atoms in total. The third-order valence-corrected chi connectivity index (χ3v) is 5.61. The molecule has 2 unspecified atom stereocenters. The maximum Gasteiger partial charge on any atom is 0.440 e. The van der Waals surface area contributed by atoms with Crippen LogP contribution in [0.5, 0.6) is 0 Å². The van der Waals surface area contributed by atoms with Gasteiger partial charge >= 0.3 is 12.3 Å².